The highest BCUT2D eigenvalue weighted by Gasteiger charge is 2.64. The maximum absolute atomic E-state index is 10.8. The largest absolute Gasteiger partial charge is 0.508 e. The minimum Gasteiger partial charge on any atom is -0.508 e. The molecule has 5 atom stereocenters. The summed E-state index contributed by atoms with van der Waals surface area (Å²) in [4.78, 5) is 2.47. The Hall–Kier alpha value is -1.92. The number of halogens is 2. The van der Waals surface area contributed by atoms with Gasteiger partial charge in [0.2, 0.25) is 0 Å². The number of phenolic OH excluding ortho intramolecular Hbond substituents is 1. The summed E-state index contributed by atoms with van der Waals surface area (Å²) in [6.45, 7) is 1.55. The molecule has 0 amide bonds. The second-order valence-electron chi connectivity index (χ2n) is 8.94. The zero-order chi connectivity index (χ0) is 19.8. The lowest BCUT2D eigenvalue weighted by molar-refractivity contribution is -0.0449. The van der Waals surface area contributed by atoms with E-state index in [1.54, 1.807) is 6.07 Å². The standard InChI is InChI=1S/C24H26N2O3.2ClH/c1-26-11-10-24-16-7-9-20(28)23(24)29-22-17(8-6-14(21(22)24)12-18(16)26)25-13-15-4-2-3-5-19(15)27;;/h2-9,16,18,20,23,25,27-28H,10-13H2,1H3;2*1H/t16-,18+,20-,23-,24-;;/m0../s1. The normalized spacial score (nSPS) is 31.7. The molecule has 0 aromatic heterocycles. The van der Waals surface area contributed by atoms with Crippen molar-refractivity contribution in [3.05, 3.63) is 65.2 Å². The number of hydrogen-bond acceptors (Lipinski definition) is 5. The Labute approximate surface area is 194 Å². The molecule has 6 rings (SSSR count). The van der Waals surface area contributed by atoms with Gasteiger partial charge in [-0.05, 0) is 44.1 Å². The summed E-state index contributed by atoms with van der Waals surface area (Å²) in [5, 5.41) is 24.4. The Morgan fingerprint density at radius 2 is 1.97 bits per heavy atom. The predicted molar refractivity (Wildman–Crippen MR) is 126 cm³/mol. The number of phenols is 1. The van der Waals surface area contributed by atoms with Crippen LogP contribution in [0.3, 0.4) is 0 Å². The molecule has 2 aromatic carbocycles. The van der Waals surface area contributed by atoms with Crippen molar-refractivity contribution in [1.82, 2.24) is 4.90 Å². The Kier molecular flexibility index (Phi) is 5.67. The van der Waals surface area contributed by atoms with Gasteiger partial charge in [-0.25, -0.2) is 0 Å². The maximum Gasteiger partial charge on any atom is 0.147 e. The molecule has 166 valence electrons. The van der Waals surface area contributed by atoms with Crippen LogP contribution in [0.2, 0.25) is 0 Å². The van der Waals surface area contributed by atoms with E-state index in [9.17, 15) is 10.2 Å². The third-order valence-electron chi connectivity index (χ3n) is 7.63. The molecular formula is C24H28Cl2N2O3. The molecule has 5 nitrogen and oxygen atoms in total. The molecule has 2 bridgehead atoms. The van der Waals surface area contributed by atoms with Crippen LogP contribution in [0.15, 0.2) is 48.6 Å². The molecule has 0 saturated carbocycles. The number of nitrogens with one attached hydrogen (secondary N) is 1. The second-order valence-corrected chi connectivity index (χ2v) is 8.94. The average Bonchev–Trinajstić information content (AvgIpc) is 3.08. The fraction of sp³-hybridized carbons (Fsp3) is 0.417. The van der Waals surface area contributed by atoms with Gasteiger partial charge in [0.05, 0.1) is 5.69 Å². The van der Waals surface area contributed by atoms with Gasteiger partial charge >= 0.3 is 0 Å². The van der Waals surface area contributed by atoms with Crippen LogP contribution in [0.4, 0.5) is 5.69 Å². The van der Waals surface area contributed by atoms with Crippen LogP contribution in [0.25, 0.3) is 0 Å². The van der Waals surface area contributed by atoms with Gasteiger partial charge in [0.15, 0.2) is 0 Å². The van der Waals surface area contributed by atoms with Crippen LogP contribution in [-0.4, -0.2) is 47.0 Å². The van der Waals surface area contributed by atoms with E-state index in [1.807, 2.05) is 24.3 Å². The highest BCUT2D eigenvalue weighted by atomic mass is 35.5. The number of aliphatic hydroxyl groups excluding tert-OH is 1. The average molecular weight is 463 g/mol. The van der Waals surface area contributed by atoms with E-state index in [0.29, 0.717) is 24.3 Å². The van der Waals surface area contributed by atoms with Crippen molar-refractivity contribution in [3.8, 4) is 11.5 Å². The Balaban J connectivity index is 0.00000116. The molecule has 0 unspecified atom stereocenters. The topological polar surface area (TPSA) is 65.0 Å². The summed E-state index contributed by atoms with van der Waals surface area (Å²) < 4.78 is 6.53. The number of piperidine rings is 1. The quantitative estimate of drug-likeness (QED) is 0.607. The van der Waals surface area contributed by atoms with Crippen molar-refractivity contribution in [3.63, 3.8) is 0 Å². The Morgan fingerprint density at radius 3 is 2.77 bits per heavy atom. The maximum atomic E-state index is 10.8. The first-order valence-electron chi connectivity index (χ1n) is 10.5. The van der Waals surface area contributed by atoms with Gasteiger partial charge in [-0.2, -0.15) is 0 Å². The molecule has 2 aromatic rings. The highest BCUT2D eigenvalue weighted by molar-refractivity contribution is 5.85. The number of nitrogens with zero attached hydrogens (tertiary/aromatic N) is 1. The van der Waals surface area contributed by atoms with Crippen LogP contribution in [0.1, 0.15) is 23.1 Å². The number of para-hydroxylation sites is 1. The summed E-state index contributed by atoms with van der Waals surface area (Å²) in [7, 11) is 2.22. The van der Waals surface area contributed by atoms with Gasteiger partial charge in [-0.3, -0.25) is 0 Å². The van der Waals surface area contributed by atoms with Crippen LogP contribution < -0.4 is 10.1 Å². The lowest BCUT2D eigenvalue weighted by Gasteiger charge is -2.56. The summed E-state index contributed by atoms with van der Waals surface area (Å²) in [5.41, 5.74) is 4.32. The van der Waals surface area contributed by atoms with E-state index >= 15 is 0 Å². The number of rotatable bonds is 3. The van der Waals surface area contributed by atoms with Crippen LogP contribution in [0.5, 0.6) is 11.5 Å². The van der Waals surface area contributed by atoms with Gasteiger partial charge in [-0.1, -0.05) is 36.4 Å². The number of aromatic hydroxyl groups is 1. The summed E-state index contributed by atoms with van der Waals surface area (Å²) in [5.74, 6) is 1.57. The minimum atomic E-state index is -0.584. The zero-order valence-corrected chi connectivity index (χ0v) is 19.0. The molecule has 1 saturated heterocycles. The predicted octanol–water partition coefficient (Wildman–Crippen LogP) is 3.65. The number of likely N-dealkylation sites (N-methyl/N-ethyl adjacent to an activating group) is 1. The van der Waals surface area contributed by atoms with Crippen LogP contribution >= 0.6 is 24.8 Å². The molecule has 3 N–H and O–H groups in total. The van der Waals surface area contributed by atoms with E-state index in [1.165, 1.54) is 11.1 Å². The van der Waals surface area contributed by atoms with Crippen molar-refractivity contribution in [2.24, 2.45) is 5.92 Å². The molecule has 0 radical (unpaired) electrons. The molecule has 2 aliphatic heterocycles. The van der Waals surface area contributed by atoms with E-state index in [-0.39, 0.29) is 36.3 Å². The fourth-order valence-electron chi connectivity index (χ4n) is 6.24. The highest BCUT2D eigenvalue weighted by Crippen LogP contribution is 2.62. The zero-order valence-electron chi connectivity index (χ0n) is 17.3. The number of anilines is 1. The second kappa shape index (κ2) is 7.89. The third kappa shape index (κ3) is 2.98. The molecule has 4 aliphatic rings. The SMILES string of the molecule is CN1CC[C@]23c4c5ccc(NCc6ccccc6O)c4O[C@H]2[C@@H](O)C=C[C@H]3[C@H]1C5.Cl.Cl. The van der Waals surface area contributed by atoms with Gasteiger partial charge < -0.3 is 25.2 Å². The van der Waals surface area contributed by atoms with Gasteiger partial charge in [-0.15, -0.1) is 24.8 Å². The van der Waals surface area contributed by atoms with Crippen molar-refractivity contribution >= 4 is 30.5 Å². The van der Waals surface area contributed by atoms with Crippen molar-refractivity contribution in [2.75, 3.05) is 18.9 Å². The summed E-state index contributed by atoms with van der Waals surface area (Å²) in [6.07, 6.45) is 5.38. The van der Waals surface area contributed by atoms with Crippen LogP contribution in [0, 0.1) is 5.92 Å². The Bertz CT molecular complexity index is 1030. The summed E-state index contributed by atoms with van der Waals surface area (Å²) in [6, 6.07) is 12.2. The first-order chi connectivity index (χ1) is 14.1. The van der Waals surface area contributed by atoms with Crippen LogP contribution in [-0.2, 0) is 18.4 Å². The fourth-order valence-corrected chi connectivity index (χ4v) is 6.24. The Morgan fingerprint density at radius 1 is 1.16 bits per heavy atom. The molecule has 1 fully saturated rings. The third-order valence-corrected chi connectivity index (χ3v) is 7.63. The van der Waals surface area contributed by atoms with Crippen molar-refractivity contribution in [1.29, 1.82) is 0 Å². The number of hydrogen-bond donors (Lipinski definition) is 3. The number of likely N-dealkylation sites (tertiary alicyclic amines) is 1. The van der Waals surface area contributed by atoms with E-state index < -0.39 is 6.10 Å². The number of ether oxygens (including phenoxy) is 1. The molecule has 2 aliphatic carbocycles. The van der Waals surface area contributed by atoms with Crippen molar-refractivity contribution < 1.29 is 14.9 Å². The lowest BCUT2D eigenvalue weighted by atomic mass is 9.53. The number of benzene rings is 2. The monoisotopic (exact) mass is 462 g/mol. The van der Waals surface area contributed by atoms with Gasteiger partial charge in [0, 0.05) is 35.0 Å². The molecule has 1 spiro atoms. The van der Waals surface area contributed by atoms with E-state index in [2.05, 4.69) is 35.5 Å². The summed E-state index contributed by atoms with van der Waals surface area (Å²) >= 11 is 0. The van der Waals surface area contributed by atoms with Crippen molar-refractivity contribution in [2.45, 2.75) is 43.1 Å². The van der Waals surface area contributed by atoms with E-state index in [4.69, 9.17) is 4.74 Å². The molecule has 31 heavy (non-hydrogen) atoms. The molecule has 2 heterocycles. The minimum absolute atomic E-state index is 0. The smallest absolute Gasteiger partial charge is 0.147 e. The first kappa shape index (κ1) is 22.3. The molecule has 7 heteroatoms. The van der Waals surface area contributed by atoms with Gasteiger partial charge in [0.25, 0.3) is 0 Å². The first-order valence-corrected chi connectivity index (χ1v) is 10.5. The number of aliphatic hydroxyl groups is 1. The molecular weight excluding hydrogens is 435 g/mol. The lowest BCUT2D eigenvalue weighted by Crippen LogP contribution is -2.64. The van der Waals surface area contributed by atoms with Gasteiger partial charge in [0.1, 0.15) is 23.7 Å². The van der Waals surface area contributed by atoms with E-state index in [0.717, 1.165) is 36.4 Å².